The summed E-state index contributed by atoms with van der Waals surface area (Å²) in [6, 6.07) is 19.7. The van der Waals surface area contributed by atoms with Gasteiger partial charge in [-0.1, -0.05) is 208 Å². The van der Waals surface area contributed by atoms with E-state index in [0.29, 0.717) is 68.0 Å². The molecule has 0 unspecified atom stereocenters. The van der Waals surface area contributed by atoms with E-state index >= 15 is 0 Å². The van der Waals surface area contributed by atoms with Gasteiger partial charge in [-0.3, -0.25) is 14.3 Å². The summed E-state index contributed by atoms with van der Waals surface area (Å²) in [5.41, 5.74) is 13.5. The number of anilines is 5. The number of halogens is 4. The number of rotatable bonds is 44. The van der Waals surface area contributed by atoms with Crippen LogP contribution in [0, 0.1) is 62.3 Å². The molecule has 0 saturated heterocycles. The van der Waals surface area contributed by atoms with E-state index in [-0.39, 0.29) is 55.3 Å². The van der Waals surface area contributed by atoms with Crippen LogP contribution in [0.2, 0.25) is 20.1 Å². The Labute approximate surface area is 670 Å². The predicted octanol–water partition coefficient (Wildman–Crippen LogP) is 24.3. The van der Waals surface area contributed by atoms with Gasteiger partial charge in [0.15, 0.2) is 0 Å². The molecule has 0 fully saturated rings. The molecule has 5 N–H and O–H groups in total. The van der Waals surface area contributed by atoms with Gasteiger partial charge in [-0.2, -0.15) is 5.90 Å². The third-order valence-corrected chi connectivity index (χ3v) is 23.1. The number of benzene rings is 6. The molecule has 0 aliphatic rings. The van der Waals surface area contributed by atoms with Crippen LogP contribution >= 0.6 is 58.4 Å². The topological polar surface area (TPSA) is 216 Å². The highest BCUT2D eigenvalue weighted by Gasteiger charge is 2.29. The number of nitrogens with one attached hydrogen (secondary N) is 3. The molecule has 6 aromatic rings. The maximum atomic E-state index is 14.5. The number of hydrogen-bond donors (Lipinski definition) is 4. The molecule has 23 heteroatoms. The third-order valence-electron chi connectivity index (χ3n) is 19.3. The number of aryl methyl sites for hydroxylation is 4. The number of nitrogens with two attached hydrogens (primary N) is 1. The van der Waals surface area contributed by atoms with Crippen LogP contribution in [0.1, 0.15) is 253 Å². The highest BCUT2D eigenvalue weighted by atomic mass is 35.5. The predicted molar refractivity (Wildman–Crippen MR) is 457 cm³/mol. The van der Waals surface area contributed by atoms with Gasteiger partial charge in [-0.15, -0.1) is 9.32 Å². The lowest BCUT2D eigenvalue weighted by molar-refractivity contribution is -0.195. The number of ether oxygens (including phenoxy) is 2. The molecule has 0 atom stereocenters. The van der Waals surface area contributed by atoms with Crippen LogP contribution in [0.25, 0.3) is 0 Å². The van der Waals surface area contributed by atoms with Crippen molar-refractivity contribution in [1.82, 2.24) is 0 Å². The average molecular weight is 1600 g/mol. The van der Waals surface area contributed by atoms with E-state index in [1.54, 1.807) is 19.1 Å². The van der Waals surface area contributed by atoms with Crippen molar-refractivity contribution >= 4 is 137 Å². The molecular weight excluding hydrogens is 1480 g/mol. The zero-order valence-electron chi connectivity index (χ0n) is 67.2. The summed E-state index contributed by atoms with van der Waals surface area (Å²) < 4.78 is 45.2. The van der Waals surface area contributed by atoms with Crippen molar-refractivity contribution < 1.29 is 41.6 Å². The van der Waals surface area contributed by atoms with Gasteiger partial charge in [0.2, 0.25) is 10.0 Å². The number of nitrogens with zero attached hydrogens (tertiary/aromatic N) is 4. The molecule has 0 heterocycles. The van der Waals surface area contributed by atoms with E-state index < -0.39 is 27.8 Å². The summed E-state index contributed by atoms with van der Waals surface area (Å²) in [6.07, 6.45) is 28.4. The summed E-state index contributed by atoms with van der Waals surface area (Å²) >= 11 is 27.5. The van der Waals surface area contributed by atoms with Crippen LogP contribution in [-0.4, -0.2) is 84.3 Å². The first-order chi connectivity index (χ1) is 51.4. The Hall–Kier alpha value is -6.39. The van der Waals surface area contributed by atoms with E-state index in [1.165, 1.54) is 121 Å². The summed E-state index contributed by atoms with van der Waals surface area (Å²) in [7, 11) is 4.17. The van der Waals surface area contributed by atoms with Crippen LogP contribution in [-0.2, 0) is 33.7 Å². The van der Waals surface area contributed by atoms with Gasteiger partial charge in [0, 0.05) is 66.7 Å². The van der Waals surface area contributed by atoms with Crippen molar-refractivity contribution in [3.8, 4) is 5.75 Å². The second kappa shape index (κ2) is 47.1. The van der Waals surface area contributed by atoms with Gasteiger partial charge in [0.05, 0.1) is 79.6 Å². The first kappa shape index (κ1) is 92.2. The Kier molecular flexibility index (Phi) is 40.2. The number of unbranched alkanes of at least 4 members (excludes halogenated alkanes) is 22. The van der Waals surface area contributed by atoms with E-state index in [2.05, 4.69) is 60.2 Å². The normalized spacial score (nSPS) is 11.8. The average Bonchev–Trinajstić information content (AvgIpc) is 0.774. The number of amides is 2. The number of aliphatic imine (C=N–C) groups is 2. The smallest absolute Gasteiger partial charge is 0.339 e. The molecular formula is C85H120Cl4N8O9S2. The summed E-state index contributed by atoms with van der Waals surface area (Å²) in [6.45, 7) is 26.1. The van der Waals surface area contributed by atoms with Crippen molar-refractivity contribution in [2.24, 2.45) is 15.9 Å². The van der Waals surface area contributed by atoms with Crippen LogP contribution in [0.5, 0.6) is 5.75 Å². The minimum absolute atomic E-state index is 0.0365. The van der Waals surface area contributed by atoms with E-state index in [0.717, 1.165) is 101 Å². The molecule has 0 aliphatic carbocycles. The number of esters is 1. The van der Waals surface area contributed by atoms with Gasteiger partial charge in [-0.25, -0.2) is 23.2 Å². The maximum absolute atomic E-state index is 14.5. The van der Waals surface area contributed by atoms with Gasteiger partial charge < -0.3 is 29.9 Å². The number of carbonyl (C=O) groups excluding carboxylic acids is 3. The maximum Gasteiger partial charge on any atom is 0.339 e. The highest BCUT2D eigenvalue weighted by Crippen LogP contribution is 2.41. The summed E-state index contributed by atoms with van der Waals surface area (Å²) in [5.74, 6) is 3.89. The molecule has 0 spiro atoms. The lowest BCUT2D eigenvalue weighted by atomic mass is 9.91. The Balaban J connectivity index is 0.000000387. The molecule has 594 valence electrons. The van der Waals surface area contributed by atoms with Gasteiger partial charge in [0.1, 0.15) is 17.2 Å². The third kappa shape index (κ3) is 29.0. The van der Waals surface area contributed by atoms with Crippen molar-refractivity contribution in [1.29, 1.82) is 0 Å². The molecule has 0 bridgehead atoms. The first-order valence-corrected chi connectivity index (χ1v) is 42.4. The van der Waals surface area contributed by atoms with Crippen LogP contribution in [0.15, 0.2) is 81.6 Å². The second-order valence-corrected chi connectivity index (χ2v) is 33.1. The van der Waals surface area contributed by atoms with Crippen molar-refractivity contribution in [3.63, 3.8) is 0 Å². The fourth-order valence-corrected chi connectivity index (χ4v) is 15.6. The summed E-state index contributed by atoms with van der Waals surface area (Å²) in [4.78, 5) is 61.0. The lowest BCUT2D eigenvalue weighted by Gasteiger charge is -2.20. The molecule has 108 heavy (non-hydrogen) atoms. The zero-order chi connectivity index (χ0) is 79.8. The molecule has 2 amide bonds. The second-order valence-electron chi connectivity index (χ2n) is 29.0. The fourth-order valence-electron chi connectivity index (χ4n) is 12.9. The molecule has 6 rings (SSSR count). The first-order valence-electron chi connectivity index (χ1n) is 38.5. The minimum Gasteiger partial charge on any atom is -0.489 e. The van der Waals surface area contributed by atoms with Gasteiger partial charge in [-0.05, 0) is 194 Å². The Morgan fingerprint density at radius 3 is 1.43 bits per heavy atom. The molecule has 0 aliphatic heterocycles. The van der Waals surface area contributed by atoms with E-state index in [9.17, 15) is 22.8 Å². The van der Waals surface area contributed by atoms with Crippen LogP contribution in [0.4, 0.5) is 39.8 Å². The van der Waals surface area contributed by atoms with Crippen molar-refractivity contribution in [2.75, 3.05) is 65.7 Å². The zero-order valence-corrected chi connectivity index (χ0v) is 71.8. The van der Waals surface area contributed by atoms with E-state index in [1.807, 2.05) is 124 Å². The molecule has 6 aromatic carbocycles. The quantitative estimate of drug-likeness (QED) is 0.00700. The van der Waals surface area contributed by atoms with Crippen LogP contribution < -0.4 is 35.8 Å². The fraction of sp³-hybridized carbons (Fsp3) is 0.518. The highest BCUT2D eigenvalue weighted by molar-refractivity contribution is 7.94. The SMILES string of the molecule is CCCCCCCCCCCCCCCCOC(=O)c1cc(NC(=O)C(=Nc2ccc(N(C)C)cc2C)c2c(C)cc(C)c(C)c2C)c(OC(C)C)cc1Cl.CCCCCCCCCCCCS(=O)(=O)Nc1cc(Cl)c(NC(=O)C(=Nc2ccc(N(C)C)cc2C)c2c(C)c(Cl)c(C)c(SOON)c2C)cc1Cl. The number of hydrogen-bond acceptors (Lipinski definition) is 15. The molecule has 0 saturated carbocycles. The molecule has 0 aromatic heterocycles. The standard InChI is InChI=1S/C47H68ClN3O4.C38H52Cl3N5O5S2/c1-11-12-13-14-15-16-17-18-19-20-21-22-23-24-27-54-47(53)39-30-42(43(31-40(39)48)55-32(2)3)50-46(52)45(44-35(6)28-33(4)36(7)37(44)8)49-41-26-25-38(51(9)10)29-34(41)5;1-8-9-10-11-12-13-14-15-16-17-20-53(48,49)45-33-23-29(39)32(22-30(33)40)44-38(47)36(43-31-19-18-28(46(6)7)21-24(31)2)34-25(3)35(41)27(5)37(26(34)4)52-51-50-42/h25-26,28-32H,11-24,27H2,1-10H3,(H,50,52);18-19,21-23,45H,8-17,20,42H2,1-7H3,(H,44,47). The van der Waals surface area contributed by atoms with Crippen LogP contribution in [0.3, 0.4) is 0 Å². The minimum atomic E-state index is -3.69. The van der Waals surface area contributed by atoms with Crippen molar-refractivity contribution in [2.45, 2.75) is 255 Å². The van der Waals surface area contributed by atoms with Gasteiger partial charge >= 0.3 is 5.97 Å². The van der Waals surface area contributed by atoms with Crippen molar-refractivity contribution in [3.05, 3.63) is 154 Å². The lowest BCUT2D eigenvalue weighted by Crippen LogP contribution is -2.26. The Bertz CT molecular complexity index is 4150. The monoisotopic (exact) mass is 1600 g/mol. The molecule has 0 radical (unpaired) electrons. The number of carbonyl (C=O) groups is 3. The summed E-state index contributed by atoms with van der Waals surface area (Å²) in [5, 5.41) is 6.63. The Morgan fingerprint density at radius 2 is 0.954 bits per heavy atom. The molecule has 17 nitrogen and oxygen atoms in total. The van der Waals surface area contributed by atoms with Gasteiger partial charge in [0.25, 0.3) is 11.8 Å². The largest absolute Gasteiger partial charge is 0.489 e. The number of sulfonamides is 1. The van der Waals surface area contributed by atoms with E-state index in [4.69, 9.17) is 76.1 Å². The Morgan fingerprint density at radius 1 is 0.500 bits per heavy atom.